The summed E-state index contributed by atoms with van der Waals surface area (Å²) in [6.07, 6.45) is 1.81. The summed E-state index contributed by atoms with van der Waals surface area (Å²) in [5, 5.41) is 15.1. The van der Waals surface area contributed by atoms with Crippen molar-refractivity contribution in [1.82, 2.24) is 15.5 Å². The Morgan fingerprint density at radius 1 is 1.35 bits per heavy atom. The smallest absolute Gasteiger partial charge is 0.312 e. The SMILES string of the molecule is NC(=O)NC(CC(=O)Nc1ccc2cn[nH]c2c1)c1cccs1. The molecule has 0 spiro atoms. The lowest BCUT2D eigenvalue weighted by Gasteiger charge is -2.16. The molecule has 1 atom stereocenters. The van der Waals surface area contributed by atoms with Crippen molar-refractivity contribution in [2.45, 2.75) is 12.5 Å². The topological polar surface area (TPSA) is 113 Å². The number of hydrogen-bond acceptors (Lipinski definition) is 4. The van der Waals surface area contributed by atoms with E-state index in [0.717, 1.165) is 15.8 Å². The summed E-state index contributed by atoms with van der Waals surface area (Å²) < 4.78 is 0. The molecule has 0 fully saturated rings. The number of nitrogens with two attached hydrogens (primary N) is 1. The van der Waals surface area contributed by atoms with Gasteiger partial charge in [0.2, 0.25) is 5.91 Å². The second-order valence-corrected chi connectivity index (χ2v) is 5.98. The predicted molar refractivity (Wildman–Crippen MR) is 89.1 cm³/mol. The Morgan fingerprint density at radius 3 is 2.96 bits per heavy atom. The van der Waals surface area contributed by atoms with Crippen molar-refractivity contribution in [2.75, 3.05) is 5.32 Å². The van der Waals surface area contributed by atoms with Gasteiger partial charge in [-0.3, -0.25) is 9.89 Å². The number of urea groups is 1. The minimum atomic E-state index is -0.657. The maximum absolute atomic E-state index is 12.2. The van der Waals surface area contributed by atoms with Crippen LogP contribution in [0.5, 0.6) is 0 Å². The van der Waals surface area contributed by atoms with E-state index in [4.69, 9.17) is 5.73 Å². The number of thiophene rings is 1. The Morgan fingerprint density at radius 2 is 2.22 bits per heavy atom. The molecule has 0 saturated heterocycles. The number of rotatable bonds is 5. The number of aromatic nitrogens is 2. The average Bonchev–Trinajstić information content (AvgIpc) is 3.17. The highest BCUT2D eigenvalue weighted by Gasteiger charge is 2.18. The van der Waals surface area contributed by atoms with Crippen LogP contribution in [-0.4, -0.2) is 22.1 Å². The molecule has 0 radical (unpaired) electrons. The number of primary amides is 1. The maximum Gasteiger partial charge on any atom is 0.312 e. The van der Waals surface area contributed by atoms with E-state index in [2.05, 4.69) is 20.8 Å². The van der Waals surface area contributed by atoms with E-state index in [1.54, 1.807) is 12.3 Å². The highest BCUT2D eigenvalue weighted by Crippen LogP contribution is 2.23. The largest absolute Gasteiger partial charge is 0.352 e. The zero-order valence-electron chi connectivity index (χ0n) is 12.1. The van der Waals surface area contributed by atoms with Crippen LogP contribution < -0.4 is 16.4 Å². The lowest BCUT2D eigenvalue weighted by Crippen LogP contribution is -2.34. The van der Waals surface area contributed by atoms with Gasteiger partial charge in [-0.1, -0.05) is 6.07 Å². The average molecular weight is 329 g/mol. The predicted octanol–water partition coefficient (Wildman–Crippen LogP) is 2.36. The highest BCUT2D eigenvalue weighted by molar-refractivity contribution is 7.10. The number of anilines is 1. The Hall–Kier alpha value is -2.87. The van der Waals surface area contributed by atoms with Crippen LogP contribution in [0.4, 0.5) is 10.5 Å². The number of nitrogens with zero attached hydrogens (tertiary/aromatic N) is 1. The molecule has 0 aliphatic rings. The molecule has 118 valence electrons. The van der Waals surface area contributed by atoms with Gasteiger partial charge in [0.1, 0.15) is 0 Å². The summed E-state index contributed by atoms with van der Waals surface area (Å²) in [6, 6.07) is 8.10. The van der Waals surface area contributed by atoms with Crippen molar-refractivity contribution in [2.24, 2.45) is 5.73 Å². The molecule has 23 heavy (non-hydrogen) atoms. The second-order valence-electron chi connectivity index (χ2n) is 5.00. The van der Waals surface area contributed by atoms with Crippen LogP contribution >= 0.6 is 11.3 Å². The normalized spacial score (nSPS) is 12.0. The number of carbonyl (C=O) groups is 2. The van der Waals surface area contributed by atoms with Crippen molar-refractivity contribution in [3.05, 3.63) is 46.8 Å². The molecule has 1 aromatic carbocycles. The molecule has 7 nitrogen and oxygen atoms in total. The fourth-order valence-electron chi connectivity index (χ4n) is 2.30. The summed E-state index contributed by atoms with van der Waals surface area (Å²) >= 11 is 1.46. The molecular formula is C15H15N5O2S. The zero-order chi connectivity index (χ0) is 16.2. The van der Waals surface area contributed by atoms with Gasteiger partial charge in [-0.25, -0.2) is 4.79 Å². The summed E-state index contributed by atoms with van der Waals surface area (Å²) in [7, 11) is 0. The molecular weight excluding hydrogens is 314 g/mol. The highest BCUT2D eigenvalue weighted by atomic mass is 32.1. The Labute approximate surface area is 135 Å². The molecule has 3 rings (SSSR count). The second kappa shape index (κ2) is 6.49. The summed E-state index contributed by atoms with van der Waals surface area (Å²) in [5.74, 6) is -0.212. The van der Waals surface area contributed by atoms with E-state index in [9.17, 15) is 9.59 Å². The minimum absolute atomic E-state index is 0.102. The van der Waals surface area contributed by atoms with Gasteiger partial charge in [-0.05, 0) is 29.6 Å². The maximum atomic E-state index is 12.2. The van der Waals surface area contributed by atoms with Gasteiger partial charge in [0.15, 0.2) is 0 Å². The van der Waals surface area contributed by atoms with Crippen molar-refractivity contribution in [3.63, 3.8) is 0 Å². The first-order valence-corrected chi connectivity index (χ1v) is 7.82. The third-order valence-corrected chi connectivity index (χ3v) is 4.30. The molecule has 3 amide bonds. The molecule has 0 aliphatic carbocycles. The number of aromatic amines is 1. The number of fused-ring (bicyclic) bond motifs is 1. The summed E-state index contributed by atoms with van der Waals surface area (Å²) in [6.45, 7) is 0. The number of amides is 3. The number of nitrogens with one attached hydrogen (secondary N) is 3. The Balaban J connectivity index is 1.69. The molecule has 5 N–H and O–H groups in total. The van der Waals surface area contributed by atoms with E-state index >= 15 is 0 Å². The van der Waals surface area contributed by atoms with Crippen molar-refractivity contribution in [3.8, 4) is 0 Å². The van der Waals surface area contributed by atoms with E-state index in [0.29, 0.717) is 5.69 Å². The van der Waals surface area contributed by atoms with Gasteiger partial charge in [0, 0.05) is 16.0 Å². The summed E-state index contributed by atoms with van der Waals surface area (Å²) in [5.41, 5.74) is 6.69. The lowest BCUT2D eigenvalue weighted by atomic mass is 10.1. The first-order chi connectivity index (χ1) is 11.1. The first-order valence-electron chi connectivity index (χ1n) is 6.94. The van der Waals surface area contributed by atoms with Crippen molar-refractivity contribution < 1.29 is 9.59 Å². The third-order valence-electron chi connectivity index (χ3n) is 3.32. The van der Waals surface area contributed by atoms with Gasteiger partial charge in [-0.15, -0.1) is 11.3 Å². The number of hydrogen-bond donors (Lipinski definition) is 4. The Kier molecular flexibility index (Phi) is 4.24. The van der Waals surface area contributed by atoms with E-state index in [-0.39, 0.29) is 12.3 Å². The van der Waals surface area contributed by atoms with Crippen LogP contribution in [0.1, 0.15) is 17.3 Å². The molecule has 0 saturated carbocycles. The molecule has 0 bridgehead atoms. The standard InChI is InChI=1S/C15H15N5O2S/c16-15(22)19-12(13-2-1-5-23-13)7-14(21)18-10-4-3-9-8-17-20-11(9)6-10/h1-6,8,12H,7H2,(H,17,20)(H,18,21)(H3,16,19,22). The van der Waals surface area contributed by atoms with E-state index in [1.165, 1.54) is 11.3 Å². The van der Waals surface area contributed by atoms with E-state index < -0.39 is 12.1 Å². The fraction of sp³-hybridized carbons (Fsp3) is 0.133. The molecule has 2 heterocycles. The van der Waals surface area contributed by atoms with Gasteiger partial charge >= 0.3 is 6.03 Å². The van der Waals surface area contributed by atoms with E-state index in [1.807, 2.05) is 29.6 Å². The quantitative estimate of drug-likeness (QED) is 0.576. The van der Waals surface area contributed by atoms with Gasteiger partial charge in [0.25, 0.3) is 0 Å². The van der Waals surface area contributed by atoms with Gasteiger partial charge in [-0.2, -0.15) is 5.10 Å². The molecule has 2 aromatic heterocycles. The molecule has 0 aliphatic heterocycles. The number of carbonyl (C=O) groups excluding carboxylic acids is 2. The van der Waals surface area contributed by atoms with Gasteiger partial charge in [0.05, 0.1) is 24.2 Å². The monoisotopic (exact) mass is 329 g/mol. The lowest BCUT2D eigenvalue weighted by molar-refractivity contribution is -0.116. The zero-order valence-corrected chi connectivity index (χ0v) is 12.9. The number of benzene rings is 1. The van der Waals surface area contributed by atoms with Crippen LogP contribution in [-0.2, 0) is 4.79 Å². The summed E-state index contributed by atoms with van der Waals surface area (Å²) in [4.78, 5) is 24.3. The third kappa shape index (κ3) is 3.67. The first kappa shape index (κ1) is 15.0. The minimum Gasteiger partial charge on any atom is -0.352 e. The fourth-order valence-corrected chi connectivity index (χ4v) is 3.07. The van der Waals surface area contributed by atoms with Crippen LogP contribution in [0, 0.1) is 0 Å². The molecule has 1 unspecified atom stereocenters. The van der Waals surface area contributed by atoms with Crippen LogP contribution in [0.3, 0.4) is 0 Å². The number of H-pyrrole nitrogens is 1. The van der Waals surface area contributed by atoms with Crippen molar-refractivity contribution in [1.29, 1.82) is 0 Å². The van der Waals surface area contributed by atoms with Crippen LogP contribution in [0.2, 0.25) is 0 Å². The molecule has 3 aromatic rings. The van der Waals surface area contributed by atoms with Crippen LogP contribution in [0.15, 0.2) is 41.9 Å². The molecule has 8 heteroatoms. The Bertz CT molecular complexity index is 827. The van der Waals surface area contributed by atoms with Gasteiger partial charge < -0.3 is 16.4 Å². The van der Waals surface area contributed by atoms with Crippen molar-refractivity contribution >= 4 is 39.9 Å². The van der Waals surface area contributed by atoms with Crippen LogP contribution in [0.25, 0.3) is 10.9 Å².